The molecular formula is C25H29FN6O4. The smallest absolute Gasteiger partial charge is 0.255 e. The topological polar surface area (TPSA) is 113 Å². The van der Waals surface area contributed by atoms with Crippen molar-refractivity contribution in [2.24, 2.45) is 0 Å². The van der Waals surface area contributed by atoms with E-state index in [9.17, 15) is 18.8 Å². The van der Waals surface area contributed by atoms with Gasteiger partial charge in [0.2, 0.25) is 11.5 Å². The number of benzene rings is 1. The molecular weight excluding hydrogens is 467 g/mol. The van der Waals surface area contributed by atoms with Crippen LogP contribution in [0, 0.1) is 5.82 Å². The molecule has 4 rings (SSSR count). The Kier molecular flexibility index (Phi) is 7.91. The highest BCUT2D eigenvalue weighted by Gasteiger charge is 2.34. The van der Waals surface area contributed by atoms with E-state index in [2.05, 4.69) is 20.3 Å². The van der Waals surface area contributed by atoms with Crippen LogP contribution in [0.3, 0.4) is 0 Å². The Balaban J connectivity index is 1.43. The summed E-state index contributed by atoms with van der Waals surface area (Å²) in [6, 6.07) is 8.79. The summed E-state index contributed by atoms with van der Waals surface area (Å²) >= 11 is 0. The van der Waals surface area contributed by atoms with Crippen molar-refractivity contribution < 1.29 is 18.7 Å². The summed E-state index contributed by atoms with van der Waals surface area (Å²) in [6.07, 6.45) is 5.72. The molecule has 2 amide bonds. The Bertz CT molecular complexity index is 1250. The molecule has 0 aliphatic carbocycles. The summed E-state index contributed by atoms with van der Waals surface area (Å²) in [5, 5.41) is 7.18. The van der Waals surface area contributed by atoms with Gasteiger partial charge in [0.1, 0.15) is 12.4 Å². The normalized spacial score (nSPS) is 17.8. The zero-order valence-corrected chi connectivity index (χ0v) is 20.2. The number of carbonyl (C=O) groups excluding carboxylic acids is 2. The van der Waals surface area contributed by atoms with Crippen LogP contribution >= 0.6 is 0 Å². The first-order valence-electron chi connectivity index (χ1n) is 11.6. The number of pyridine rings is 1. The van der Waals surface area contributed by atoms with Crippen LogP contribution < -0.4 is 10.9 Å². The average Bonchev–Trinajstić information content (AvgIpc) is 3.47. The second-order valence-corrected chi connectivity index (χ2v) is 9.01. The predicted molar refractivity (Wildman–Crippen MR) is 131 cm³/mol. The number of anilines is 1. The average molecular weight is 497 g/mol. The molecule has 2 atom stereocenters. The summed E-state index contributed by atoms with van der Waals surface area (Å²) in [4.78, 5) is 42.2. The van der Waals surface area contributed by atoms with E-state index >= 15 is 0 Å². The minimum atomic E-state index is -0.479. The fourth-order valence-corrected chi connectivity index (χ4v) is 4.14. The minimum absolute atomic E-state index is 0.00130. The van der Waals surface area contributed by atoms with Crippen molar-refractivity contribution in [2.75, 3.05) is 39.2 Å². The van der Waals surface area contributed by atoms with Gasteiger partial charge >= 0.3 is 0 Å². The van der Waals surface area contributed by atoms with Crippen LogP contribution in [-0.4, -0.2) is 76.3 Å². The van der Waals surface area contributed by atoms with Gasteiger partial charge < -0.3 is 19.9 Å². The molecule has 0 bridgehead atoms. The number of likely N-dealkylation sites (tertiary alicyclic amines) is 1. The van der Waals surface area contributed by atoms with Gasteiger partial charge in [-0.05, 0) is 30.2 Å². The van der Waals surface area contributed by atoms with Crippen molar-refractivity contribution in [3.05, 3.63) is 82.3 Å². The number of carbonyl (C=O) groups is 2. The van der Waals surface area contributed by atoms with Crippen molar-refractivity contribution in [1.82, 2.24) is 24.6 Å². The summed E-state index contributed by atoms with van der Waals surface area (Å²) in [5.74, 6) is -1.01. The molecule has 2 aromatic heterocycles. The van der Waals surface area contributed by atoms with E-state index in [1.165, 1.54) is 29.2 Å². The van der Waals surface area contributed by atoms with Crippen LogP contribution in [0.4, 0.5) is 10.1 Å². The highest BCUT2D eigenvalue weighted by atomic mass is 19.1. The first-order chi connectivity index (χ1) is 17.3. The molecule has 1 fully saturated rings. The molecule has 1 aliphatic rings. The van der Waals surface area contributed by atoms with Crippen LogP contribution in [0.15, 0.2) is 59.8 Å². The number of rotatable bonds is 9. The van der Waals surface area contributed by atoms with Gasteiger partial charge in [-0.15, -0.1) is 0 Å². The predicted octanol–water partition coefficient (Wildman–Crippen LogP) is 1.88. The molecule has 1 aromatic carbocycles. The Morgan fingerprint density at radius 1 is 1.28 bits per heavy atom. The van der Waals surface area contributed by atoms with E-state index < -0.39 is 11.7 Å². The van der Waals surface area contributed by atoms with E-state index in [1.54, 1.807) is 49.5 Å². The van der Waals surface area contributed by atoms with E-state index in [0.717, 1.165) is 12.0 Å². The third kappa shape index (κ3) is 6.43. The van der Waals surface area contributed by atoms with Crippen molar-refractivity contribution in [3.63, 3.8) is 0 Å². The van der Waals surface area contributed by atoms with Crippen LogP contribution in [-0.2, 0) is 16.1 Å². The van der Waals surface area contributed by atoms with Crippen molar-refractivity contribution in [2.45, 2.75) is 25.0 Å². The number of hydrogen-bond acceptors (Lipinski definition) is 6. The lowest BCUT2D eigenvalue weighted by Crippen LogP contribution is -2.34. The monoisotopic (exact) mass is 496 g/mol. The van der Waals surface area contributed by atoms with Gasteiger partial charge in [-0.25, -0.2) is 4.39 Å². The summed E-state index contributed by atoms with van der Waals surface area (Å²) in [6.45, 7) is 1.61. The van der Waals surface area contributed by atoms with Crippen LogP contribution in [0.25, 0.3) is 0 Å². The first-order valence-corrected chi connectivity index (χ1v) is 11.6. The quantitative estimate of drug-likeness (QED) is 0.468. The maximum atomic E-state index is 13.4. The number of aromatic nitrogens is 3. The molecule has 10 nitrogen and oxygen atoms in total. The molecule has 11 heteroatoms. The van der Waals surface area contributed by atoms with Crippen LogP contribution in [0.5, 0.6) is 0 Å². The van der Waals surface area contributed by atoms with Crippen molar-refractivity contribution >= 4 is 17.5 Å². The maximum absolute atomic E-state index is 13.4. The molecule has 190 valence electrons. The number of nitrogens with zero attached hydrogens (tertiary/aromatic N) is 4. The lowest BCUT2D eigenvalue weighted by Gasteiger charge is -2.24. The Morgan fingerprint density at radius 3 is 2.83 bits per heavy atom. The summed E-state index contributed by atoms with van der Waals surface area (Å²) < 4.78 is 21.0. The molecule has 1 aliphatic heterocycles. The second kappa shape index (κ2) is 11.3. The zero-order valence-electron chi connectivity index (χ0n) is 20.2. The fraction of sp³-hybridized carbons (Fsp3) is 0.360. The number of nitrogens with one attached hydrogen (secondary N) is 2. The van der Waals surface area contributed by atoms with Crippen molar-refractivity contribution in [3.8, 4) is 0 Å². The summed E-state index contributed by atoms with van der Waals surface area (Å²) in [7, 11) is 3.37. The highest BCUT2D eigenvalue weighted by molar-refractivity contribution is 6.04. The first kappa shape index (κ1) is 25.3. The van der Waals surface area contributed by atoms with Gasteiger partial charge in [0, 0.05) is 57.3 Å². The number of likely N-dealkylation sites (N-methyl/N-ethyl adjacent to an activating group) is 1. The van der Waals surface area contributed by atoms with E-state index in [0.29, 0.717) is 25.4 Å². The maximum Gasteiger partial charge on any atom is 0.255 e. The molecule has 1 saturated heterocycles. The number of amides is 2. The number of hydrogen-bond donors (Lipinski definition) is 2. The van der Waals surface area contributed by atoms with Gasteiger partial charge in [-0.3, -0.25) is 24.0 Å². The largest absolute Gasteiger partial charge is 0.370 e. The third-order valence-corrected chi connectivity index (χ3v) is 6.09. The van der Waals surface area contributed by atoms with Gasteiger partial charge in [-0.2, -0.15) is 5.10 Å². The lowest BCUT2D eigenvalue weighted by atomic mass is 10.2. The minimum Gasteiger partial charge on any atom is -0.370 e. The van der Waals surface area contributed by atoms with Gasteiger partial charge in [0.05, 0.1) is 24.5 Å². The third-order valence-electron chi connectivity index (χ3n) is 6.09. The molecule has 36 heavy (non-hydrogen) atoms. The van der Waals surface area contributed by atoms with Gasteiger partial charge in [0.25, 0.3) is 5.91 Å². The molecule has 0 spiro atoms. The summed E-state index contributed by atoms with van der Waals surface area (Å²) in [5.41, 5.74) is 1.52. The number of ether oxygens (including phenoxy) is 1. The Hall–Kier alpha value is -3.83. The zero-order chi connectivity index (χ0) is 25.7. The van der Waals surface area contributed by atoms with E-state index in [4.69, 9.17) is 4.74 Å². The molecule has 0 radical (unpaired) electrons. The molecule has 3 heterocycles. The molecule has 3 aromatic rings. The number of H-pyrrole nitrogens is 1. The SMILES string of the molecule is CN(C)C(=O)COC[C@@H]1C[C@H](n2cc(NC(=O)c3cccc(F)c3)cn2)CN1Cc1ccc(=O)[nH]c1. The van der Waals surface area contributed by atoms with Crippen molar-refractivity contribution in [1.29, 1.82) is 0 Å². The van der Waals surface area contributed by atoms with Crippen LogP contribution in [0.2, 0.25) is 0 Å². The molecule has 0 saturated carbocycles. The lowest BCUT2D eigenvalue weighted by molar-refractivity contribution is -0.134. The van der Waals surface area contributed by atoms with Gasteiger partial charge in [0.15, 0.2) is 0 Å². The fourth-order valence-electron chi connectivity index (χ4n) is 4.14. The molecule has 0 unspecified atom stereocenters. The van der Waals surface area contributed by atoms with Crippen LogP contribution in [0.1, 0.15) is 28.4 Å². The standard InChI is InChI=1S/C25H29FN6O4/c1-30(2)24(34)16-36-15-22-9-21(14-31(22)12-17-6-7-23(33)27-10-17)32-13-20(11-28-32)29-25(35)18-4-3-5-19(26)8-18/h3-8,10-11,13,21-22H,9,12,14-16H2,1-2H3,(H,27,33)(H,29,35)/t21-,22-/m0/s1. The van der Waals surface area contributed by atoms with Gasteiger partial charge in [-0.1, -0.05) is 12.1 Å². The Morgan fingerprint density at radius 2 is 2.11 bits per heavy atom. The second-order valence-electron chi connectivity index (χ2n) is 9.01. The molecule has 2 N–H and O–H groups in total. The highest BCUT2D eigenvalue weighted by Crippen LogP contribution is 2.29. The number of halogens is 1. The Labute approximate surface area is 207 Å². The number of aromatic amines is 1. The van der Waals surface area contributed by atoms with E-state index in [-0.39, 0.29) is 35.7 Å². The van der Waals surface area contributed by atoms with E-state index in [1.807, 2.05) is 0 Å².